The predicted octanol–water partition coefficient (Wildman–Crippen LogP) is 4.28. The lowest BCUT2D eigenvalue weighted by atomic mass is 9.81. The van der Waals surface area contributed by atoms with Gasteiger partial charge in [0.1, 0.15) is 12.1 Å². The number of ether oxygens (including phenoxy) is 3. The van der Waals surface area contributed by atoms with Crippen LogP contribution in [0, 0.1) is 0 Å². The number of hydrogen-bond donors (Lipinski definition) is 1. The Morgan fingerprint density at radius 3 is 2.42 bits per heavy atom. The fourth-order valence-corrected chi connectivity index (χ4v) is 3.82. The maximum Gasteiger partial charge on any atom is 0.331 e. The number of nitrogens with one attached hydrogen (secondary N) is 1. The van der Waals surface area contributed by atoms with Gasteiger partial charge in [-0.15, -0.1) is 0 Å². The smallest absolute Gasteiger partial charge is 0.331 e. The number of rotatable bonds is 8. The van der Waals surface area contributed by atoms with Crippen molar-refractivity contribution in [3.05, 3.63) is 65.7 Å². The number of benzene rings is 2. The fraction of sp³-hybridized carbons (Fsp3) is 0.360. The number of carbonyl (C=O) groups excluding carboxylic acids is 2. The highest BCUT2D eigenvalue weighted by molar-refractivity contribution is 5.96. The van der Waals surface area contributed by atoms with Crippen LogP contribution in [0.3, 0.4) is 0 Å². The Kier molecular flexibility index (Phi) is 7.70. The Morgan fingerprint density at radius 1 is 1.00 bits per heavy atom. The van der Waals surface area contributed by atoms with Gasteiger partial charge in [0.15, 0.2) is 11.5 Å². The van der Waals surface area contributed by atoms with E-state index < -0.39 is 5.54 Å². The van der Waals surface area contributed by atoms with Gasteiger partial charge in [-0.2, -0.15) is 0 Å². The molecule has 0 saturated heterocycles. The van der Waals surface area contributed by atoms with Gasteiger partial charge in [0.2, 0.25) is 5.91 Å². The van der Waals surface area contributed by atoms with Crippen molar-refractivity contribution >= 4 is 18.0 Å². The van der Waals surface area contributed by atoms with Crippen LogP contribution in [0.1, 0.15) is 43.2 Å². The highest BCUT2D eigenvalue weighted by atomic mass is 16.5. The first-order chi connectivity index (χ1) is 15.1. The largest absolute Gasteiger partial charge is 0.493 e. The molecule has 1 saturated carbocycles. The minimum absolute atomic E-state index is 0.323. The summed E-state index contributed by atoms with van der Waals surface area (Å²) in [5.41, 5.74) is 0.920. The first kappa shape index (κ1) is 22.4. The standard InChI is InChI=1S/C25H29NO5/c1-29-22-17-19(11-13-21(22)31-18-20-9-5-3-6-10-20)12-14-23(27)26-25(24(28)30-2)15-7-4-8-16-25/h3,5-6,9-14,17H,4,7-8,15-16,18H2,1-2H3,(H,26,27)/b14-12+. The highest BCUT2D eigenvalue weighted by Crippen LogP contribution is 2.30. The van der Waals surface area contributed by atoms with Gasteiger partial charge in [-0.25, -0.2) is 4.79 Å². The maximum atomic E-state index is 12.5. The lowest BCUT2D eigenvalue weighted by Gasteiger charge is -2.34. The Labute approximate surface area is 183 Å². The second kappa shape index (κ2) is 10.7. The van der Waals surface area contributed by atoms with E-state index in [-0.39, 0.29) is 11.9 Å². The molecule has 0 aromatic heterocycles. The van der Waals surface area contributed by atoms with Crippen LogP contribution >= 0.6 is 0 Å². The summed E-state index contributed by atoms with van der Waals surface area (Å²) in [7, 11) is 2.93. The first-order valence-corrected chi connectivity index (χ1v) is 10.5. The molecule has 6 nitrogen and oxygen atoms in total. The maximum absolute atomic E-state index is 12.5. The van der Waals surface area contributed by atoms with E-state index in [2.05, 4.69) is 5.32 Å². The van der Waals surface area contributed by atoms with E-state index in [0.717, 1.165) is 30.4 Å². The molecule has 31 heavy (non-hydrogen) atoms. The molecule has 1 aliphatic carbocycles. The summed E-state index contributed by atoms with van der Waals surface area (Å²) in [6, 6.07) is 15.4. The number of methoxy groups -OCH3 is 2. The highest BCUT2D eigenvalue weighted by Gasteiger charge is 2.41. The third kappa shape index (κ3) is 5.87. The van der Waals surface area contributed by atoms with Crippen LogP contribution in [0.2, 0.25) is 0 Å². The summed E-state index contributed by atoms with van der Waals surface area (Å²) in [4.78, 5) is 24.8. The molecule has 1 amide bonds. The van der Waals surface area contributed by atoms with Crippen molar-refractivity contribution in [3.8, 4) is 11.5 Å². The molecule has 2 aromatic rings. The second-order valence-corrected chi connectivity index (χ2v) is 7.64. The van der Waals surface area contributed by atoms with Gasteiger partial charge in [-0.05, 0) is 42.2 Å². The summed E-state index contributed by atoms with van der Waals surface area (Å²) < 4.78 is 16.3. The molecule has 0 aliphatic heterocycles. The minimum Gasteiger partial charge on any atom is -0.493 e. The zero-order chi connectivity index (χ0) is 22.1. The Morgan fingerprint density at radius 2 is 1.74 bits per heavy atom. The van der Waals surface area contributed by atoms with E-state index >= 15 is 0 Å². The molecule has 6 heteroatoms. The van der Waals surface area contributed by atoms with Gasteiger partial charge in [0, 0.05) is 6.08 Å². The molecule has 1 fully saturated rings. The molecular weight excluding hydrogens is 394 g/mol. The van der Waals surface area contributed by atoms with Crippen molar-refractivity contribution in [2.75, 3.05) is 14.2 Å². The Balaban J connectivity index is 1.65. The number of carbonyl (C=O) groups is 2. The minimum atomic E-state index is -0.929. The van der Waals surface area contributed by atoms with E-state index in [1.807, 2.05) is 42.5 Å². The van der Waals surface area contributed by atoms with Crippen molar-refractivity contribution in [2.45, 2.75) is 44.2 Å². The van der Waals surface area contributed by atoms with Crippen LogP contribution in [-0.4, -0.2) is 31.6 Å². The van der Waals surface area contributed by atoms with Gasteiger partial charge in [-0.3, -0.25) is 4.79 Å². The van der Waals surface area contributed by atoms with Crippen molar-refractivity contribution in [1.82, 2.24) is 5.32 Å². The molecule has 0 atom stereocenters. The van der Waals surface area contributed by atoms with Gasteiger partial charge >= 0.3 is 5.97 Å². The normalized spacial score (nSPS) is 15.3. The van der Waals surface area contributed by atoms with E-state index in [4.69, 9.17) is 14.2 Å². The van der Waals surface area contributed by atoms with Crippen molar-refractivity contribution in [1.29, 1.82) is 0 Å². The van der Waals surface area contributed by atoms with Crippen LogP contribution in [0.15, 0.2) is 54.6 Å². The van der Waals surface area contributed by atoms with Gasteiger partial charge in [0.05, 0.1) is 14.2 Å². The molecular formula is C25H29NO5. The zero-order valence-corrected chi connectivity index (χ0v) is 18.1. The molecule has 0 heterocycles. The first-order valence-electron chi connectivity index (χ1n) is 10.5. The molecule has 0 unspecified atom stereocenters. The molecule has 3 rings (SSSR count). The Bertz CT molecular complexity index is 917. The second-order valence-electron chi connectivity index (χ2n) is 7.64. The third-order valence-electron chi connectivity index (χ3n) is 5.50. The monoisotopic (exact) mass is 423 g/mol. The topological polar surface area (TPSA) is 73.9 Å². The van der Waals surface area contributed by atoms with Gasteiger partial charge in [-0.1, -0.05) is 55.7 Å². The molecule has 2 aromatic carbocycles. The molecule has 0 bridgehead atoms. The number of amides is 1. The van der Waals surface area contributed by atoms with Crippen molar-refractivity contribution in [3.63, 3.8) is 0 Å². The van der Waals surface area contributed by atoms with Crippen molar-refractivity contribution in [2.24, 2.45) is 0 Å². The van der Waals surface area contributed by atoms with Crippen LogP contribution in [0.25, 0.3) is 6.08 Å². The van der Waals surface area contributed by atoms with Crippen LogP contribution in [0.5, 0.6) is 11.5 Å². The van der Waals surface area contributed by atoms with Crippen molar-refractivity contribution < 1.29 is 23.8 Å². The van der Waals surface area contributed by atoms with E-state index in [9.17, 15) is 9.59 Å². The molecule has 0 radical (unpaired) electrons. The predicted molar refractivity (Wildman–Crippen MR) is 119 cm³/mol. The van der Waals surface area contributed by atoms with Gasteiger partial charge in [0.25, 0.3) is 0 Å². The summed E-state index contributed by atoms with van der Waals surface area (Å²) in [6.07, 6.45) is 7.15. The molecule has 0 spiro atoms. The fourth-order valence-electron chi connectivity index (χ4n) is 3.82. The van der Waals surface area contributed by atoms with Crippen LogP contribution in [-0.2, 0) is 20.9 Å². The van der Waals surface area contributed by atoms with Crippen LogP contribution in [0.4, 0.5) is 0 Å². The summed E-state index contributed by atoms with van der Waals surface area (Å²) in [6.45, 7) is 0.435. The summed E-state index contributed by atoms with van der Waals surface area (Å²) in [5.74, 6) is 0.503. The van der Waals surface area contributed by atoms with Gasteiger partial charge < -0.3 is 19.5 Å². The SMILES string of the molecule is COC(=O)C1(NC(=O)/C=C/c2ccc(OCc3ccccc3)c(OC)c2)CCCCC1. The molecule has 1 aliphatic rings. The quantitative estimate of drug-likeness (QED) is 0.507. The van der Waals surface area contributed by atoms with E-state index in [0.29, 0.717) is 30.9 Å². The third-order valence-corrected chi connectivity index (χ3v) is 5.50. The van der Waals surface area contributed by atoms with Crippen LogP contribution < -0.4 is 14.8 Å². The summed E-state index contributed by atoms with van der Waals surface area (Å²) in [5, 5.41) is 2.88. The Hall–Kier alpha value is -3.28. The molecule has 164 valence electrons. The average Bonchev–Trinajstić information content (AvgIpc) is 2.82. The summed E-state index contributed by atoms with van der Waals surface area (Å²) >= 11 is 0. The van der Waals surface area contributed by atoms with E-state index in [1.54, 1.807) is 19.3 Å². The average molecular weight is 424 g/mol. The zero-order valence-electron chi connectivity index (χ0n) is 18.1. The lowest BCUT2D eigenvalue weighted by molar-refractivity contribution is -0.152. The molecule has 1 N–H and O–H groups in total. The van der Waals surface area contributed by atoms with E-state index in [1.165, 1.54) is 13.2 Å². The number of esters is 1. The lowest BCUT2D eigenvalue weighted by Crippen LogP contribution is -2.55. The number of hydrogen-bond acceptors (Lipinski definition) is 5.